The molecule has 13 heavy (non-hydrogen) atoms. The number of rotatable bonds is 0. The molecule has 1 aromatic rings. The van der Waals surface area contributed by atoms with E-state index in [9.17, 15) is 0 Å². The first kappa shape index (κ1) is 9.03. The smallest absolute Gasteiger partial charge is 0.0554 e. The zero-order valence-electron chi connectivity index (χ0n) is 7.68. The lowest BCUT2D eigenvalue weighted by molar-refractivity contribution is 0.707. The molecule has 2 rings (SSSR count). The summed E-state index contributed by atoms with van der Waals surface area (Å²) >= 11 is 3.59. The number of para-hydroxylation sites is 1. The normalized spacial score (nSPS) is 16.6. The summed E-state index contributed by atoms with van der Waals surface area (Å²) in [5.41, 5.74) is 2.70. The molecule has 1 aliphatic rings. The zero-order chi connectivity index (χ0) is 9.26. The maximum Gasteiger partial charge on any atom is 0.0554 e. The van der Waals surface area contributed by atoms with Crippen LogP contribution in [-0.4, -0.2) is 20.1 Å². The van der Waals surface area contributed by atoms with E-state index in [1.54, 1.807) is 0 Å². The summed E-state index contributed by atoms with van der Waals surface area (Å²) in [4.78, 5) is 2.29. The predicted octanol–water partition coefficient (Wildman–Crippen LogP) is 1.99. The Morgan fingerprint density at radius 2 is 2.31 bits per heavy atom. The Bertz CT molecular complexity index is 312. The van der Waals surface area contributed by atoms with Crippen molar-refractivity contribution in [1.82, 2.24) is 5.32 Å². The molecule has 0 saturated carbocycles. The first-order valence-corrected chi connectivity index (χ1v) is 5.27. The van der Waals surface area contributed by atoms with Crippen molar-refractivity contribution in [2.45, 2.75) is 6.54 Å². The Labute approximate surface area is 87.1 Å². The summed E-state index contributed by atoms with van der Waals surface area (Å²) in [6.07, 6.45) is 0. The molecule has 0 saturated heterocycles. The fourth-order valence-electron chi connectivity index (χ4n) is 1.71. The quantitative estimate of drug-likeness (QED) is 0.747. The number of benzene rings is 1. The van der Waals surface area contributed by atoms with Crippen molar-refractivity contribution >= 4 is 21.6 Å². The number of halogens is 1. The van der Waals surface area contributed by atoms with Gasteiger partial charge in [0.25, 0.3) is 0 Å². The second-order valence-electron chi connectivity index (χ2n) is 3.35. The van der Waals surface area contributed by atoms with Crippen LogP contribution in [0.5, 0.6) is 0 Å². The van der Waals surface area contributed by atoms with Crippen molar-refractivity contribution in [1.29, 1.82) is 0 Å². The van der Waals surface area contributed by atoms with Gasteiger partial charge in [0, 0.05) is 31.2 Å². The fourth-order valence-corrected chi connectivity index (χ4v) is 2.42. The lowest BCUT2D eigenvalue weighted by Gasteiger charge is -2.20. The van der Waals surface area contributed by atoms with E-state index in [1.165, 1.54) is 15.7 Å². The Kier molecular flexibility index (Phi) is 2.56. The van der Waals surface area contributed by atoms with E-state index in [2.05, 4.69) is 51.4 Å². The molecule has 3 heteroatoms. The van der Waals surface area contributed by atoms with Crippen molar-refractivity contribution in [2.24, 2.45) is 0 Å². The van der Waals surface area contributed by atoms with Gasteiger partial charge < -0.3 is 10.2 Å². The molecular weight excluding hydrogens is 228 g/mol. The van der Waals surface area contributed by atoms with E-state index in [1.807, 2.05) is 0 Å². The number of likely N-dealkylation sites (N-methyl/N-ethyl adjacent to an activating group) is 1. The van der Waals surface area contributed by atoms with Crippen LogP contribution in [0.2, 0.25) is 0 Å². The highest BCUT2D eigenvalue weighted by atomic mass is 79.9. The minimum Gasteiger partial charge on any atom is -0.372 e. The lowest BCUT2D eigenvalue weighted by atomic mass is 10.1. The third-order valence-electron chi connectivity index (χ3n) is 2.39. The second-order valence-corrected chi connectivity index (χ2v) is 4.20. The molecule has 0 fully saturated rings. The van der Waals surface area contributed by atoms with E-state index in [0.717, 1.165) is 19.6 Å². The molecular formula is C10H13BrN2. The van der Waals surface area contributed by atoms with E-state index in [4.69, 9.17) is 0 Å². The van der Waals surface area contributed by atoms with Crippen molar-refractivity contribution in [3.63, 3.8) is 0 Å². The van der Waals surface area contributed by atoms with Gasteiger partial charge >= 0.3 is 0 Å². The van der Waals surface area contributed by atoms with Crippen molar-refractivity contribution in [2.75, 3.05) is 25.0 Å². The largest absolute Gasteiger partial charge is 0.372 e. The van der Waals surface area contributed by atoms with Crippen LogP contribution < -0.4 is 10.2 Å². The number of anilines is 1. The monoisotopic (exact) mass is 240 g/mol. The molecule has 0 amide bonds. The lowest BCUT2D eigenvalue weighted by Crippen LogP contribution is -2.24. The van der Waals surface area contributed by atoms with Crippen LogP contribution in [-0.2, 0) is 6.54 Å². The van der Waals surface area contributed by atoms with E-state index >= 15 is 0 Å². The number of nitrogens with one attached hydrogen (secondary N) is 1. The number of nitrogens with zero attached hydrogens (tertiary/aromatic N) is 1. The zero-order valence-corrected chi connectivity index (χ0v) is 9.26. The van der Waals surface area contributed by atoms with E-state index < -0.39 is 0 Å². The van der Waals surface area contributed by atoms with Gasteiger partial charge in [0.05, 0.1) is 5.69 Å². The second kappa shape index (κ2) is 3.68. The molecule has 0 aliphatic carbocycles. The van der Waals surface area contributed by atoms with Crippen LogP contribution in [0.15, 0.2) is 22.7 Å². The van der Waals surface area contributed by atoms with Gasteiger partial charge in [-0.1, -0.05) is 12.1 Å². The summed E-state index contributed by atoms with van der Waals surface area (Å²) < 4.78 is 1.19. The Hall–Kier alpha value is -0.540. The minimum atomic E-state index is 0.971. The van der Waals surface area contributed by atoms with Gasteiger partial charge in [-0.15, -0.1) is 0 Å². The SMILES string of the molecule is CN1CCNCc2cccc(Br)c21. The highest BCUT2D eigenvalue weighted by Crippen LogP contribution is 2.30. The van der Waals surface area contributed by atoms with Crippen LogP contribution in [0.1, 0.15) is 5.56 Å². The summed E-state index contributed by atoms with van der Waals surface area (Å²) in [6, 6.07) is 6.36. The first-order valence-electron chi connectivity index (χ1n) is 4.48. The number of hydrogen-bond donors (Lipinski definition) is 1. The van der Waals surface area contributed by atoms with Crippen molar-refractivity contribution < 1.29 is 0 Å². The molecule has 70 valence electrons. The first-order chi connectivity index (χ1) is 6.29. The molecule has 0 radical (unpaired) electrons. The minimum absolute atomic E-state index is 0.971. The molecule has 0 aromatic heterocycles. The number of hydrogen-bond acceptors (Lipinski definition) is 2. The third kappa shape index (κ3) is 1.71. The molecule has 1 heterocycles. The molecule has 0 atom stereocenters. The maximum atomic E-state index is 3.59. The summed E-state index contributed by atoms with van der Waals surface area (Å²) in [6.45, 7) is 3.09. The molecule has 0 bridgehead atoms. The van der Waals surface area contributed by atoms with Gasteiger partial charge in [0.1, 0.15) is 0 Å². The molecule has 1 N–H and O–H groups in total. The van der Waals surface area contributed by atoms with Gasteiger partial charge in [0.15, 0.2) is 0 Å². The summed E-state index contributed by atoms with van der Waals surface area (Å²) in [5, 5.41) is 3.40. The molecule has 0 unspecified atom stereocenters. The van der Waals surface area contributed by atoms with Crippen LogP contribution in [0.3, 0.4) is 0 Å². The third-order valence-corrected chi connectivity index (χ3v) is 3.03. The van der Waals surface area contributed by atoms with Crippen LogP contribution in [0.25, 0.3) is 0 Å². The van der Waals surface area contributed by atoms with Gasteiger partial charge in [-0.25, -0.2) is 0 Å². The average molecular weight is 241 g/mol. The number of fused-ring (bicyclic) bond motifs is 1. The standard InChI is InChI=1S/C10H13BrN2/c1-13-6-5-12-7-8-3-2-4-9(11)10(8)13/h2-4,12H,5-7H2,1H3. The Balaban J connectivity index is 2.48. The van der Waals surface area contributed by atoms with Crippen molar-refractivity contribution in [3.05, 3.63) is 28.2 Å². The molecule has 2 nitrogen and oxygen atoms in total. The molecule has 1 aliphatic heterocycles. The molecule has 0 spiro atoms. The highest BCUT2D eigenvalue weighted by Gasteiger charge is 2.13. The van der Waals surface area contributed by atoms with Crippen LogP contribution in [0.4, 0.5) is 5.69 Å². The summed E-state index contributed by atoms with van der Waals surface area (Å²) in [7, 11) is 2.14. The topological polar surface area (TPSA) is 15.3 Å². The highest BCUT2D eigenvalue weighted by molar-refractivity contribution is 9.10. The predicted molar refractivity (Wildman–Crippen MR) is 59.1 cm³/mol. The maximum absolute atomic E-state index is 3.59. The fraction of sp³-hybridized carbons (Fsp3) is 0.400. The van der Waals surface area contributed by atoms with Crippen LogP contribution >= 0.6 is 15.9 Å². The van der Waals surface area contributed by atoms with Gasteiger partial charge in [-0.2, -0.15) is 0 Å². The van der Waals surface area contributed by atoms with Gasteiger partial charge in [0.2, 0.25) is 0 Å². The Morgan fingerprint density at radius 3 is 3.15 bits per heavy atom. The Morgan fingerprint density at radius 1 is 1.46 bits per heavy atom. The van der Waals surface area contributed by atoms with Crippen molar-refractivity contribution in [3.8, 4) is 0 Å². The summed E-state index contributed by atoms with van der Waals surface area (Å²) in [5.74, 6) is 0. The average Bonchev–Trinajstić information content (AvgIpc) is 2.29. The van der Waals surface area contributed by atoms with Gasteiger partial charge in [-0.3, -0.25) is 0 Å². The molecule has 1 aromatic carbocycles. The van der Waals surface area contributed by atoms with Crippen LogP contribution in [0, 0.1) is 0 Å². The van der Waals surface area contributed by atoms with E-state index in [-0.39, 0.29) is 0 Å². The van der Waals surface area contributed by atoms with Gasteiger partial charge in [-0.05, 0) is 27.6 Å². The van der Waals surface area contributed by atoms with E-state index in [0.29, 0.717) is 0 Å².